The molecular formula is C9H13N3O5S. The molecule has 0 unspecified atom stereocenters. The summed E-state index contributed by atoms with van der Waals surface area (Å²) < 4.78 is 31.8. The molecule has 0 aliphatic carbocycles. The van der Waals surface area contributed by atoms with E-state index >= 15 is 0 Å². The maximum atomic E-state index is 11.9. The molecule has 9 heteroatoms. The van der Waals surface area contributed by atoms with Gasteiger partial charge in [-0.15, -0.1) is 0 Å². The number of carboxylic acids is 1. The topological polar surface area (TPSA) is 113 Å². The molecule has 1 aromatic rings. The predicted molar refractivity (Wildman–Crippen MR) is 61.0 cm³/mol. The van der Waals surface area contributed by atoms with Crippen LogP contribution in [0.3, 0.4) is 0 Å². The largest absolute Gasteiger partial charge is 0.481 e. The lowest BCUT2D eigenvalue weighted by atomic mass is 9.99. The van der Waals surface area contributed by atoms with Crippen molar-refractivity contribution in [2.24, 2.45) is 5.92 Å². The fourth-order valence-electron chi connectivity index (χ4n) is 1.80. The number of nitrogens with one attached hydrogen (secondary N) is 1. The zero-order valence-electron chi connectivity index (χ0n) is 9.44. The SMILES string of the molecule is O=C(O)C1CCN(S(=O)(=O)Nc2ccon2)CC1. The maximum absolute atomic E-state index is 11.9. The highest BCUT2D eigenvalue weighted by atomic mass is 32.2. The van der Waals surface area contributed by atoms with Crippen LogP contribution in [0.5, 0.6) is 0 Å². The number of rotatable bonds is 4. The minimum absolute atomic E-state index is 0.107. The number of carbonyl (C=O) groups is 1. The van der Waals surface area contributed by atoms with Gasteiger partial charge in [0.2, 0.25) is 0 Å². The molecule has 0 saturated carbocycles. The molecule has 0 atom stereocenters. The molecule has 2 rings (SSSR count). The van der Waals surface area contributed by atoms with Gasteiger partial charge in [-0.05, 0) is 12.8 Å². The zero-order valence-corrected chi connectivity index (χ0v) is 10.3. The minimum Gasteiger partial charge on any atom is -0.481 e. The highest BCUT2D eigenvalue weighted by Crippen LogP contribution is 2.20. The van der Waals surface area contributed by atoms with Crippen LogP contribution in [0.15, 0.2) is 16.9 Å². The van der Waals surface area contributed by atoms with Crippen LogP contribution < -0.4 is 4.72 Å². The van der Waals surface area contributed by atoms with Crippen molar-refractivity contribution in [1.29, 1.82) is 0 Å². The molecule has 1 aromatic heterocycles. The van der Waals surface area contributed by atoms with Gasteiger partial charge in [-0.2, -0.15) is 12.7 Å². The molecule has 0 radical (unpaired) electrons. The second-order valence-electron chi connectivity index (χ2n) is 4.00. The normalized spacial score (nSPS) is 18.7. The van der Waals surface area contributed by atoms with Crippen LogP contribution in [0, 0.1) is 5.92 Å². The third-order valence-corrected chi connectivity index (χ3v) is 4.33. The number of aromatic nitrogens is 1. The van der Waals surface area contributed by atoms with E-state index in [1.807, 2.05) is 0 Å². The van der Waals surface area contributed by atoms with E-state index in [4.69, 9.17) is 5.11 Å². The Morgan fingerprint density at radius 1 is 1.50 bits per heavy atom. The van der Waals surface area contributed by atoms with Gasteiger partial charge in [0, 0.05) is 19.2 Å². The highest BCUT2D eigenvalue weighted by molar-refractivity contribution is 7.90. The standard InChI is InChI=1S/C9H13N3O5S/c13-9(14)7-1-4-12(5-2-7)18(15,16)11-8-3-6-17-10-8/h3,6-7H,1-2,4-5H2,(H,10,11)(H,13,14). The summed E-state index contributed by atoms with van der Waals surface area (Å²) >= 11 is 0. The lowest BCUT2D eigenvalue weighted by Crippen LogP contribution is -2.42. The molecule has 18 heavy (non-hydrogen) atoms. The van der Waals surface area contributed by atoms with Gasteiger partial charge in [0.15, 0.2) is 5.82 Å². The van der Waals surface area contributed by atoms with Gasteiger partial charge in [-0.3, -0.25) is 9.52 Å². The van der Waals surface area contributed by atoms with Crippen molar-refractivity contribution in [2.45, 2.75) is 12.8 Å². The number of piperidine rings is 1. The molecular weight excluding hydrogens is 262 g/mol. The second-order valence-corrected chi connectivity index (χ2v) is 5.67. The summed E-state index contributed by atoms with van der Waals surface area (Å²) in [6.07, 6.45) is 1.89. The summed E-state index contributed by atoms with van der Waals surface area (Å²) in [5.74, 6) is -1.24. The van der Waals surface area contributed by atoms with Gasteiger partial charge in [0.1, 0.15) is 6.26 Å². The second kappa shape index (κ2) is 4.94. The van der Waals surface area contributed by atoms with Gasteiger partial charge in [0.25, 0.3) is 0 Å². The Balaban J connectivity index is 1.98. The van der Waals surface area contributed by atoms with Gasteiger partial charge in [-0.1, -0.05) is 5.16 Å². The quantitative estimate of drug-likeness (QED) is 0.807. The van der Waals surface area contributed by atoms with Gasteiger partial charge >= 0.3 is 16.2 Å². The Morgan fingerprint density at radius 3 is 2.67 bits per heavy atom. The molecule has 2 heterocycles. The molecule has 0 amide bonds. The fourth-order valence-corrected chi connectivity index (χ4v) is 3.00. The highest BCUT2D eigenvalue weighted by Gasteiger charge is 2.31. The predicted octanol–water partition coefficient (Wildman–Crippen LogP) is 0.128. The lowest BCUT2D eigenvalue weighted by Gasteiger charge is -2.28. The van der Waals surface area contributed by atoms with Crippen LogP contribution in [0.1, 0.15) is 12.8 Å². The summed E-state index contributed by atoms with van der Waals surface area (Å²) in [6, 6.07) is 1.39. The van der Waals surface area contributed by atoms with Crippen molar-refractivity contribution in [3.05, 3.63) is 12.3 Å². The van der Waals surface area contributed by atoms with Gasteiger partial charge in [-0.25, -0.2) is 0 Å². The van der Waals surface area contributed by atoms with E-state index in [0.29, 0.717) is 12.8 Å². The Kier molecular flexibility index (Phi) is 3.53. The van der Waals surface area contributed by atoms with Crippen LogP contribution in [-0.2, 0) is 15.0 Å². The molecule has 0 spiro atoms. The summed E-state index contributed by atoms with van der Waals surface area (Å²) in [5, 5.41) is 12.3. The minimum atomic E-state index is -3.69. The van der Waals surface area contributed by atoms with E-state index in [1.165, 1.54) is 16.6 Å². The van der Waals surface area contributed by atoms with E-state index in [1.54, 1.807) is 0 Å². The van der Waals surface area contributed by atoms with Crippen molar-refractivity contribution < 1.29 is 22.8 Å². The van der Waals surface area contributed by atoms with Crippen LogP contribution in [0.25, 0.3) is 0 Å². The molecule has 1 aliphatic heterocycles. The van der Waals surface area contributed by atoms with E-state index in [2.05, 4.69) is 14.4 Å². The number of hydrogen-bond acceptors (Lipinski definition) is 5. The summed E-state index contributed by atoms with van der Waals surface area (Å²) in [4.78, 5) is 10.8. The Hall–Kier alpha value is -1.61. The number of anilines is 1. The van der Waals surface area contributed by atoms with Crippen LogP contribution in [-0.4, -0.2) is 42.0 Å². The van der Waals surface area contributed by atoms with Crippen molar-refractivity contribution >= 4 is 22.0 Å². The first-order valence-corrected chi connectivity index (χ1v) is 6.84. The molecule has 100 valence electrons. The van der Waals surface area contributed by atoms with Gasteiger partial charge < -0.3 is 9.63 Å². The van der Waals surface area contributed by atoms with Crippen molar-refractivity contribution in [3.63, 3.8) is 0 Å². The Labute approximate surface area is 104 Å². The molecule has 2 N–H and O–H groups in total. The molecule has 8 nitrogen and oxygen atoms in total. The molecule has 0 bridgehead atoms. The van der Waals surface area contributed by atoms with E-state index in [9.17, 15) is 13.2 Å². The first-order chi connectivity index (χ1) is 8.49. The van der Waals surface area contributed by atoms with Crippen molar-refractivity contribution in [3.8, 4) is 0 Å². The van der Waals surface area contributed by atoms with Crippen molar-refractivity contribution in [2.75, 3.05) is 17.8 Å². The summed E-state index contributed by atoms with van der Waals surface area (Å²) in [6.45, 7) is 0.369. The smallest absolute Gasteiger partial charge is 0.306 e. The Bertz CT molecular complexity index is 504. The average molecular weight is 275 g/mol. The lowest BCUT2D eigenvalue weighted by molar-refractivity contribution is -0.142. The van der Waals surface area contributed by atoms with Gasteiger partial charge in [0.05, 0.1) is 5.92 Å². The molecule has 1 fully saturated rings. The van der Waals surface area contributed by atoms with Crippen LogP contribution >= 0.6 is 0 Å². The number of nitrogens with zero attached hydrogens (tertiary/aromatic N) is 2. The van der Waals surface area contributed by atoms with E-state index in [-0.39, 0.29) is 18.9 Å². The summed E-state index contributed by atoms with van der Waals surface area (Å²) in [5.41, 5.74) is 0. The first kappa shape index (κ1) is 12.8. The van der Waals surface area contributed by atoms with E-state index < -0.39 is 22.1 Å². The fraction of sp³-hybridized carbons (Fsp3) is 0.556. The zero-order chi connectivity index (χ0) is 13.2. The molecule has 1 saturated heterocycles. The Morgan fingerprint density at radius 2 is 2.17 bits per heavy atom. The molecule has 1 aliphatic rings. The first-order valence-electron chi connectivity index (χ1n) is 5.40. The third kappa shape index (κ3) is 2.79. The van der Waals surface area contributed by atoms with Crippen LogP contribution in [0.4, 0.5) is 5.82 Å². The maximum Gasteiger partial charge on any atom is 0.306 e. The number of carboxylic acid groups (broad SMARTS) is 1. The van der Waals surface area contributed by atoms with Crippen molar-refractivity contribution in [1.82, 2.24) is 9.46 Å². The number of aliphatic carboxylic acids is 1. The average Bonchev–Trinajstić information content (AvgIpc) is 2.81. The number of hydrogen-bond donors (Lipinski definition) is 2. The third-order valence-electron chi connectivity index (χ3n) is 2.81. The molecule has 0 aromatic carbocycles. The van der Waals surface area contributed by atoms with E-state index in [0.717, 1.165) is 0 Å². The summed E-state index contributed by atoms with van der Waals surface area (Å²) in [7, 11) is -3.69. The van der Waals surface area contributed by atoms with Crippen LogP contribution in [0.2, 0.25) is 0 Å². The monoisotopic (exact) mass is 275 g/mol.